The lowest BCUT2D eigenvalue weighted by Crippen LogP contribution is -2.43. The summed E-state index contributed by atoms with van der Waals surface area (Å²) in [5.74, 6) is 0. The van der Waals surface area contributed by atoms with Crippen LogP contribution in [-0.2, 0) is 6.54 Å². The van der Waals surface area contributed by atoms with Crippen LogP contribution in [0.5, 0.6) is 0 Å². The maximum absolute atomic E-state index is 8.86. The molecule has 5 heteroatoms. The molecule has 18 heavy (non-hydrogen) atoms. The maximum Gasteiger partial charge on any atom is 0.0795 e. The highest BCUT2D eigenvalue weighted by Gasteiger charge is 2.22. The number of hydrogen-bond donors (Lipinski definition) is 1. The van der Waals surface area contributed by atoms with Gasteiger partial charge in [-0.2, -0.15) is 0 Å². The van der Waals surface area contributed by atoms with Gasteiger partial charge in [0.15, 0.2) is 0 Å². The number of thiazole rings is 1. The summed E-state index contributed by atoms with van der Waals surface area (Å²) >= 11 is 1.67. The Morgan fingerprint density at radius 1 is 1.50 bits per heavy atom. The number of rotatable bonds is 6. The summed E-state index contributed by atoms with van der Waals surface area (Å²) in [6.07, 6.45) is 3.34. The Kier molecular flexibility index (Phi) is 5.56. The Bertz CT molecular complexity index is 323. The quantitative estimate of drug-likeness (QED) is 0.848. The summed E-state index contributed by atoms with van der Waals surface area (Å²) in [6.45, 7) is 4.62. The lowest BCUT2D eigenvalue weighted by molar-refractivity contribution is 0.117. The number of aliphatic hydroxyl groups is 1. The third-order valence-electron chi connectivity index (χ3n) is 3.72. The molecule has 102 valence electrons. The molecule has 1 aromatic rings. The first-order valence-electron chi connectivity index (χ1n) is 6.70. The average Bonchev–Trinajstić information content (AvgIpc) is 2.89. The summed E-state index contributed by atoms with van der Waals surface area (Å²) in [7, 11) is 2.18. The number of aromatic nitrogens is 1. The van der Waals surface area contributed by atoms with Crippen LogP contribution in [0.2, 0.25) is 0 Å². The molecule has 0 aliphatic carbocycles. The van der Waals surface area contributed by atoms with Crippen molar-refractivity contribution in [1.29, 1.82) is 0 Å². The zero-order chi connectivity index (χ0) is 12.8. The number of hydrogen-bond acceptors (Lipinski definition) is 5. The fraction of sp³-hybridized carbons (Fsp3) is 0.769. The monoisotopic (exact) mass is 269 g/mol. The van der Waals surface area contributed by atoms with Crippen LogP contribution in [0.3, 0.4) is 0 Å². The molecule has 0 aromatic carbocycles. The van der Waals surface area contributed by atoms with E-state index in [1.807, 2.05) is 5.51 Å². The van der Waals surface area contributed by atoms with Gasteiger partial charge in [-0.1, -0.05) is 0 Å². The highest BCUT2D eigenvalue weighted by atomic mass is 32.1. The number of aliphatic hydroxyl groups excluding tert-OH is 1. The van der Waals surface area contributed by atoms with Crippen molar-refractivity contribution in [2.45, 2.75) is 31.8 Å². The van der Waals surface area contributed by atoms with Crippen LogP contribution in [0.15, 0.2) is 10.9 Å². The van der Waals surface area contributed by atoms with Gasteiger partial charge in [0.1, 0.15) is 0 Å². The summed E-state index contributed by atoms with van der Waals surface area (Å²) < 4.78 is 0. The van der Waals surface area contributed by atoms with E-state index in [4.69, 9.17) is 5.11 Å². The predicted molar refractivity (Wildman–Crippen MR) is 74.7 cm³/mol. The Morgan fingerprint density at radius 2 is 2.28 bits per heavy atom. The molecule has 1 N–H and O–H groups in total. The van der Waals surface area contributed by atoms with Crippen molar-refractivity contribution in [1.82, 2.24) is 14.8 Å². The average molecular weight is 269 g/mol. The minimum atomic E-state index is 0.299. The van der Waals surface area contributed by atoms with Crippen molar-refractivity contribution in [3.8, 4) is 0 Å². The lowest BCUT2D eigenvalue weighted by atomic mass is 10.0. The molecule has 1 aromatic heterocycles. The van der Waals surface area contributed by atoms with E-state index in [1.165, 1.54) is 18.5 Å². The van der Waals surface area contributed by atoms with E-state index in [1.54, 1.807) is 11.3 Å². The second kappa shape index (κ2) is 7.19. The van der Waals surface area contributed by atoms with Gasteiger partial charge in [-0.05, 0) is 26.3 Å². The summed E-state index contributed by atoms with van der Waals surface area (Å²) in [5, 5.41) is 11.0. The smallest absolute Gasteiger partial charge is 0.0795 e. The minimum Gasteiger partial charge on any atom is -0.396 e. The van der Waals surface area contributed by atoms with Gasteiger partial charge in [0, 0.05) is 44.2 Å². The lowest BCUT2D eigenvalue weighted by Gasteiger charge is -2.36. The van der Waals surface area contributed by atoms with Gasteiger partial charge < -0.3 is 10.0 Å². The second-order valence-electron chi connectivity index (χ2n) is 5.04. The summed E-state index contributed by atoms with van der Waals surface area (Å²) in [6, 6.07) is 0.684. The van der Waals surface area contributed by atoms with Gasteiger partial charge >= 0.3 is 0 Å². The van der Waals surface area contributed by atoms with E-state index in [9.17, 15) is 0 Å². The SMILES string of the molecule is CN(CCCO)C1CCN(Cc2cscn2)CC1. The zero-order valence-corrected chi connectivity index (χ0v) is 11.9. The van der Waals surface area contributed by atoms with Crippen molar-refractivity contribution in [3.63, 3.8) is 0 Å². The molecule has 0 spiro atoms. The fourth-order valence-corrected chi connectivity index (χ4v) is 3.12. The summed E-state index contributed by atoms with van der Waals surface area (Å²) in [4.78, 5) is 9.23. The van der Waals surface area contributed by atoms with Crippen LogP contribution in [0.1, 0.15) is 25.0 Å². The maximum atomic E-state index is 8.86. The largest absolute Gasteiger partial charge is 0.396 e. The molecule has 0 unspecified atom stereocenters. The highest BCUT2D eigenvalue weighted by molar-refractivity contribution is 7.07. The molecule has 0 amide bonds. The molecule has 2 rings (SSSR count). The van der Waals surface area contributed by atoms with Gasteiger partial charge in [0.25, 0.3) is 0 Å². The van der Waals surface area contributed by atoms with Gasteiger partial charge in [-0.25, -0.2) is 4.98 Å². The van der Waals surface area contributed by atoms with E-state index in [-0.39, 0.29) is 0 Å². The topological polar surface area (TPSA) is 39.6 Å². The van der Waals surface area contributed by atoms with E-state index < -0.39 is 0 Å². The van der Waals surface area contributed by atoms with Gasteiger partial charge in [-0.15, -0.1) is 11.3 Å². The molecule has 2 heterocycles. The van der Waals surface area contributed by atoms with Crippen LogP contribution in [-0.4, -0.2) is 59.2 Å². The normalized spacial score (nSPS) is 18.6. The van der Waals surface area contributed by atoms with Gasteiger partial charge in [0.05, 0.1) is 11.2 Å². The molecule has 0 bridgehead atoms. The molecule has 1 fully saturated rings. The van der Waals surface area contributed by atoms with E-state index >= 15 is 0 Å². The Labute approximate surface area is 113 Å². The molecule has 1 aliphatic heterocycles. The minimum absolute atomic E-state index is 0.299. The van der Waals surface area contributed by atoms with Gasteiger partial charge in [-0.3, -0.25) is 4.90 Å². The first kappa shape index (κ1) is 13.9. The standard InChI is InChI=1S/C13H23N3OS/c1-15(5-2-8-17)13-3-6-16(7-4-13)9-12-10-18-11-14-12/h10-11,13,17H,2-9H2,1H3. The van der Waals surface area contributed by atoms with E-state index in [2.05, 4.69) is 27.2 Å². The molecular formula is C13H23N3OS. The van der Waals surface area contributed by atoms with Crippen molar-refractivity contribution >= 4 is 11.3 Å². The first-order chi connectivity index (χ1) is 8.79. The predicted octanol–water partition coefficient (Wildman–Crippen LogP) is 1.42. The molecule has 4 nitrogen and oxygen atoms in total. The Hall–Kier alpha value is -0.490. The Balaban J connectivity index is 1.70. The van der Waals surface area contributed by atoms with Crippen LogP contribution < -0.4 is 0 Å². The van der Waals surface area contributed by atoms with Crippen molar-refractivity contribution in [2.75, 3.05) is 33.3 Å². The Morgan fingerprint density at radius 3 is 2.89 bits per heavy atom. The fourth-order valence-electron chi connectivity index (χ4n) is 2.57. The van der Waals surface area contributed by atoms with E-state index in [0.29, 0.717) is 12.6 Å². The van der Waals surface area contributed by atoms with Crippen LogP contribution in [0.25, 0.3) is 0 Å². The van der Waals surface area contributed by atoms with Crippen molar-refractivity contribution in [2.24, 2.45) is 0 Å². The van der Waals surface area contributed by atoms with Crippen LogP contribution in [0, 0.1) is 0 Å². The molecule has 0 radical (unpaired) electrons. The molecular weight excluding hydrogens is 246 g/mol. The molecule has 0 saturated carbocycles. The first-order valence-corrected chi connectivity index (χ1v) is 7.64. The number of nitrogens with zero attached hydrogens (tertiary/aromatic N) is 3. The molecule has 1 saturated heterocycles. The van der Waals surface area contributed by atoms with Gasteiger partial charge in [0.2, 0.25) is 0 Å². The third kappa shape index (κ3) is 4.02. The van der Waals surface area contributed by atoms with Crippen molar-refractivity contribution < 1.29 is 5.11 Å². The third-order valence-corrected chi connectivity index (χ3v) is 4.35. The number of likely N-dealkylation sites (tertiary alicyclic amines) is 1. The zero-order valence-electron chi connectivity index (χ0n) is 11.1. The van der Waals surface area contributed by atoms with Crippen LogP contribution >= 0.6 is 11.3 Å². The molecule has 1 aliphatic rings. The van der Waals surface area contributed by atoms with Crippen molar-refractivity contribution in [3.05, 3.63) is 16.6 Å². The molecule has 0 atom stereocenters. The van der Waals surface area contributed by atoms with Crippen LogP contribution in [0.4, 0.5) is 0 Å². The number of piperidine rings is 1. The second-order valence-corrected chi connectivity index (χ2v) is 5.76. The highest BCUT2D eigenvalue weighted by Crippen LogP contribution is 2.17. The summed E-state index contributed by atoms with van der Waals surface area (Å²) in [5.41, 5.74) is 3.11. The van der Waals surface area contributed by atoms with E-state index in [0.717, 1.165) is 32.6 Å².